The van der Waals surface area contributed by atoms with Crippen LogP contribution in [-0.4, -0.2) is 39.4 Å². The van der Waals surface area contributed by atoms with Gasteiger partial charge < -0.3 is 10.2 Å². The van der Waals surface area contributed by atoms with Crippen molar-refractivity contribution in [1.29, 1.82) is 0 Å². The predicted molar refractivity (Wildman–Crippen MR) is 87.1 cm³/mol. The number of rotatable bonds is 3. The van der Waals surface area contributed by atoms with E-state index in [1.807, 2.05) is 17.7 Å². The molecule has 0 aromatic carbocycles. The molecule has 0 bridgehead atoms. The molecule has 0 spiro atoms. The second-order valence-corrected chi connectivity index (χ2v) is 7.58. The lowest BCUT2D eigenvalue weighted by molar-refractivity contribution is -0.119. The summed E-state index contributed by atoms with van der Waals surface area (Å²) in [7, 11) is 0. The van der Waals surface area contributed by atoms with Crippen molar-refractivity contribution in [3.05, 3.63) is 33.5 Å². The van der Waals surface area contributed by atoms with Gasteiger partial charge in [0.15, 0.2) is 5.13 Å². The second kappa shape index (κ2) is 6.17. The van der Waals surface area contributed by atoms with Gasteiger partial charge in [-0.2, -0.15) is 11.3 Å². The Morgan fingerprint density at radius 1 is 1.48 bits per heavy atom. The van der Waals surface area contributed by atoms with E-state index in [4.69, 9.17) is 0 Å². The van der Waals surface area contributed by atoms with Crippen LogP contribution in [0.5, 0.6) is 0 Å². The quantitative estimate of drug-likeness (QED) is 0.934. The van der Waals surface area contributed by atoms with E-state index in [1.165, 1.54) is 22.7 Å². The SMILES string of the molecule is Cc1cnc(NC(=O)C2CSCN2C(=O)c2ccsc2)s1. The molecule has 1 unspecified atom stereocenters. The van der Waals surface area contributed by atoms with Crippen molar-refractivity contribution in [2.45, 2.75) is 13.0 Å². The van der Waals surface area contributed by atoms with Crippen LogP contribution in [0.1, 0.15) is 15.2 Å². The second-order valence-electron chi connectivity index (χ2n) is 4.57. The van der Waals surface area contributed by atoms with Gasteiger partial charge in [0.25, 0.3) is 5.91 Å². The zero-order valence-electron chi connectivity index (χ0n) is 11.2. The third kappa shape index (κ3) is 3.12. The Morgan fingerprint density at radius 3 is 3.00 bits per heavy atom. The number of nitrogens with one attached hydrogen (secondary N) is 1. The topological polar surface area (TPSA) is 62.3 Å². The number of nitrogens with zero attached hydrogens (tertiary/aromatic N) is 2. The molecule has 21 heavy (non-hydrogen) atoms. The van der Waals surface area contributed by atoms with Gasteiger partial charge in [-0.1, -0.05) is 0 Å². The number of hydrogen-bond acceptors (Lipinski definition) is 6. The van der Waals surface area contributed by atoms with E-state index in [0.29, 0.717) is 22.3 Å². The highest BCUT2D eigenvalue weighted by Gasteiger charge is 2.35. The van der Waals surface area contributed by atoms with Crippen LogP contribution in [-0.2, 0) is 4.79 Å². The number of thiophene rings is 1. The van der Waals surface area contributed by atoms with Crippen molar-refractivity contribution in [2.24, 2.45) is 0 Å². The molecule has 2 amide bonds. The van der Waals surface area contributed by atoms with Crippen molar-refractivity contribution in [3.63, 3.8) is 0 Å². The molecule has 1 saturated heterocycles. The number of amides is 2. The van der Waals surface area contributed by atoms with Crippen molar-refractivity contribution >= 4 is 51.4 Å². The van der Waals surface area contributed by atoms with Crippen LogP contribution in [0, 0.1) is 6.92 Å². The molecule has 1 aliphatic rings. The molecule has 3 rings (SSSR count). The van der Waals surface area contributed by atoms with E-state index in [2.05, 4.69) is 10.3 Å². The molecular weight excluding hydrogens is 326 g/mol. The number of aromatic nitrogens is 1. The van der Waals surface area contributed by atoms with E-state index in [-0.39, 0.29) is 11.8 Å². The highest BCUT2D eigenvalue weighted by Crippen LogP contribution is 2.25. The van der Waals surface area contributed by atoms with Gasteiger partial charge in [-0.3, -0.25) is 9.59 Å². The molecule has 1 aliphatic heterocycles. The largest absolute Gasteiger partial charge is 0.316 e. The first-order valence-corrected chi connectivity index (χ1v) is 9.21. The fraction of sp³-hybridized carbons (Fsp3) is 0.308. The Bertz CT molecular complexity index is 653. The van der Waals surface area contributed by atoms with E-state index in [1.54, 1.807) is 28.9 Å². The molecular formula is C13H13N3O2S3. The van der Waals surface area contributed by atoms with Crippen LogP contribution in [0.2, 0.25) is 0 Å². The van der Waals surface area contributed by atoms with Gasteiger partial charge in [0, 0.05) is 22.2 Å². The maximum atomic E-state index is 12.4. The molecule has 3 heterocycles. The minimum atomic E-state index is -0.438. The van der Waals surface area contributed by atoms with Crippen LogP contribution >= 0.6 is 34.4 Å². The van der Waals surface area contributed by atoms with Gasteiger partial charge in [0.1, 0.15) is 6.04 Å². The molecule has 0 radical (unpaired) electrons. The molecule has 8 heteroatoms. The smallest absolute Gasteiger partial charge is 0.256 e. The van der Waals surface area contributed by atoms with Crippen molar-refractivity contribution in [1.82, 2.24) is 9.88 Å². The van der Waals surface area contributed by atoms with Crippen LogP contribution in [0.25, 0.3) is 0 Å². The van der Waals surface area contributed by atoms with E-state index in [9.17, 15) is 9.59 Å². The maximum absolute atomic E-state index is 12.4. The average Bonchev–Trinajstić information content (AvgIpc) is 3.19. The van der Waals surface area contributed by atoms with E-state index >= 15 is 0 Å². The summed E-state index contributed by atoms with van der Waals surface area (Å²) >= 11 is 4.50. The fourth-order valence-electron chi connectivity index (χ4n) is 2.01. The van der Waals surface area contributed by atoms with E-state index in [0.717, 1.165) is 4.88 Å². The number of hydrogen-bond donors (Lipinski definition) is 1. The highest BCUT2D eigenvalue weighted by molar-refractivity contribution is 7.99. The minimum absolute atomic E-state index is 0.0864. The Labute approximate surface area is 134 Å². The Balaban J connectivity index is 1.71. The number of aryl methyl sites for hydroxylation is 1. The lowest BCUT2D eigenvalue weighted by atomic mass is 10.2. The Morgan fingerprint density at radius 2 is 2.33 bits per heavy atom. The maximum Gasteiger partial charge on any atom is 0.256 e. The van der Waals surface area contributed by atoms with Crippen molar-refractivity contribution in [3.8, 4) is 0 Å². The molecule has 0 aliphatic carbocycles. The molecule has 110 valence electrons. The van der Waals surface area contributed by atoms with Gasteiger partial charge in [0.05, 0.1) is 11.4 Å². The zero-order chi connectivity index (χ0) is 14.8. The predicted octanol–water partition coefficient (Wildman–Crippen LogP) is 2.67. The van der Waals surface area contributed by atoms with Gasteiger partial charge in [-0.05, 0) is 18.4 Å². The van der Waals surface area contributed by atoms with Crippen LogP contribution in [0.3, 0.4) is 0 Å². The highest BCUT2D eigenvalue weighted by atomic mass is 32.2. The lowest BCUT2D eigenvalue weighted by Gasteiger charge is -2.22. The Kier molecular flexibility index (Phi) is 4.27. The molecule has 2 aromatic heterocycles. The third-order valence-corrected chi connectivity index (χ3v) is 5.59. The summed E-state index contributed by atoms with van der Waals surface area (Å²) < 4.78 is 0. The van der Waals surface area contributed by atoms with Gasteiger partial charge >= 0.3 is 0 Å². The molecule has 2 aromatic rings. The lowest BCUT2D eigenvalue weighted by Crippen LogP contribution is -2.44. The summed E-state index contributed by atoms with van der Waals surface area (Å²) in [6, 6.07) is 1.35. The first-order chi connectivity index (χ1) is 10.1. The normalized spacial score (nSPS) is 18.0. The summed E-state index contributed by atoms with van der Waals surface area (Å²) in [6.07, 6.45) is 1.72. The van der Waals surface area contributed by atoms with Crippen molar-refractivity contribution < 1.29 is 9.59 Å². The standard InChI is InChI=1S/C13H13N3O2S3/c1-8-4-14-13(21-8)15-11(17)10-6-20-7-16(10)12(18)9-2-3-19-5-9/h2-5,10H,6-7H2,1H3,(H,14,15,17). The summed E-state index contributed by atoms with van der Waals surface area (Å²) in [5, 5.41) is 7.05. The van der Waals surface area contributed by atoms with Crippen LogP contribution in [0.4, 0.5) is 5.13 Å². The van der Waals surface area contributed by atoms with Gasteiger partial charge in [-0.25, -0.2) is 4.98 Å². The summed E-state index contributed by atoms with van der Waals surface area (Å²) in [6.45, 7) is 1.94. The van der Waals surface area contributed by atoms with Gasteiger partial charge in [-0.15, -0.1) is 23.1 Å². The monoisotopic (exact) mass is 339 g/mol. The van der Waals surface area contributed by atoms with Crippen LogP contribution in [0.15, 0.2) is 23.0 Å². The molecule has 1 atom stereocenters. The summed E-state index contributed by atoms with van der Waals surface area (Å²) in [5.41, 5.74) is 0.644. The number of thiazole rings is 1. The number of carbonyl (C=O) groups excluding carboxylic acids is 2. The number of thioether (sulfide) groups is 1. The molecule has 1 N–H and O–H groups in total. The number of carbonyl (C=O) groups is 2. The molecule has 0 saturated carbocycles. The fourth-order valence-corrected chi connectivity index (χ4v) is 4.46. The average molecular weight is 339 g/mol. The molecule has 5 nitrogen and oxygen atoms in total. The first kappa shape index (κ1) is 14.6. The summed E-state index contributed by atoms with van der Waals surface area (Å²) in [5.74, 6) is 0.907. The summed E-state index contributed by atoms with van der Waals surface area (Å²) in [4.78, 5) is 31.6. The number of anilines is 1. The zero-order valence-corrected chi connectivity index (χ0v) is 13.7. The van der Waals surface area contributed by atoms with Crippen molar-refractivity contribution in [2.75, 3.05) is 16.9 Å². The van der Waals surface area contributed by atoms with Gasteiger partial charge in [0.2, 0.25) is 5.91 Å². The third-order valence-electron chi connectivity index (χ3n) is 3.07. The van der Waals surface area contributed by atoms with E-state index < -0.39 is 6.04 Å². The minimum Gasteiger partial charge on any atom is -0.316 e. The first-order valence-electron chi connectivity index (χ1n) is 6.29. The van der Waals surface area contributed by atoms with Crippen LogP contribution < -0.4 is 5.32 Å². The Hall–Kier alpha value is -1.38. The molecule has 1 fully saturated rings.